The minimum atomic E-state index is -4.48. The van der Waals surface area contributed by atoms with Crippen molar-refractivity contribution in [2.45, 2.75) is 38.5 Å². The summed E-state index contributed by atoms with van der Waals surface area (Å²) in [5.41, 5.74) is -0.507. The molecule has 1 amide bonds. The summed E-state index contributed by atoms with van der Waals surface area (Å²) in [5.74, 6) is -0.380. The molecule has 0 saturated carbocycles. The zero-order valence-electron chi connectivity index (χ0n) is 11.0. The number of carbonyl (C=O) groups excluding carboxylic acids is 1. The molecule has 1 heterocycles. The Morgan fingerprint density at radius 3 is 2.60 bits per heavy atom. The number of carbonyl (C=O) groups is 1. The molecular formula is C14H13F3N2O. The lowest BCUT2D eigenvalue weighted by molar-refractivity contribution is -0.137. The Bertz CT molecular complexity index is 589. The summed E-state index contributed by atoms with van der Waals surface area (Å²) in [6.07, 6.45) is -3.86. The summed E-state index contributed by atoms with van der Waals surface area (Å²) in [5, 5.41) is 9.21. The summed E-state index contributed by atoms with van der Waals surface area (Å²) in [6, 6.07) is 3.73. The SMILES string of the molecule is CCC(C)N1C(=O)c2ccc(C(F)(F)F)cc2C1C#N. The maximum absolute atomic E-state index is 12.7. The number of amides is 1. The molecule has 0 aromatic heterocycles. The van der Waals surface area contributed by atoms with E-state index in [-0.39, 0.29) is 23.1 Å². The molecule has 6 heteroatoms. The molecular weight excluding hydrogens is 269 g/mol. The summed E-state index contributed by atoms with van der Waals surface area (Å²) < 4.78 is 38.2. The Balaban J connectivity index is 2.53. The van der Waals surface area contributed by atoms with E-state index in [1.165, 1.54) is 4.90 Å². The lowest BCUT2D eigenvalue weighted by atomic mass is 10.0. The van der Waals surface area contributed by atoms with Crippen molar-refractivity contribution in [3.8, 4) is 6.07 Å². The van der Waals surface area contributed by atoms with Gasteiger partial charge in [0.05, 0.1) is 11.6 Å². The Labute approximate surface area is 114 Å². The van der Waals surface area contributed by atoms with Crippen LogP contribution in [0, 0.1) is 11.3 Å². The average molecular weight is 282 g/mol. The van der Waals surface area contributed by atoms with Crippen LogP contribution in [0.25, 0.3) is 0 Å². The molecule has 0 bridgehead atoms. The van der Waals surface area contributed by atoms with E-state index >= 15 is 0 Å². The highest BCUT2D eigenvalue weighted by Gasteiger charge is 2.41. The van der Waals surface area contributed by atoms with Crippen LogP contribution in [0.15, 0.2) is 18.2 Å². The number of hydrogen-bond donors (Lipinski definition) is 0. The molecule has 106 valence electrons. The van der Waals surface area contributed by atoms with E-state index < -0.39 is 17.8 Å². The predicted octanol–water partition coefficient (Wildman–Crippen LogP) is 3.52. The molecule has 0 N–H and O–H groups in total. The molecule has 20 heavy (non-hydrogen) atoms. The molecule has 0 spiro atoms. The molecule has 1 aromatic rings. The number of benzene rings is 1. The van der Waals surface area contributed by atoms with Gasteiger partial charge in [-0.1, -0.05) is 6.92 Å². The lowest BCUT2D eigenvalue weighted by Crippen LogP contribution is -2.35. The van der Waals surface area contributed by atoms with Gasteiger partial charge in [0.2, 0.25) is 0 Å². The first-order valence-corrected chi connectivity index (χ1v) is 6.24. The van der Waals surface area contributed by atoms with Gasteiger partial charge in [0.1, 0.15) is 6.04 Å². The Morgan fingerprint density at radius 1 is 1.45 bits per heavy atom. The van der Waals surface area contributed by atoms with Crippen molar-refractivity contribution >= 4 is 5.91 Å². The normalized spacial score (nSPS) is 19.7. The quantitative estimate of drug-likeness (QED) is 0.833. The van der Waals surface area contributed by atoms with E-state index in [0.717, 1.165) is 18.2 Å². The van der Waals surface area contributed by atoms with Crippen LogP contribution in [0.3, 0.4) is 0 Å². The Hall–Kier alpha value is -2.03. The third kappa shape index (κ3) is 2.13. The molecule has 3 nitrogen and oxygen atoms in total. The monoisotopic (exact) mass is 282 g/mol. The molecule has 0 aliphatic carbocycles. The maximum atomic E-state index is 12.7. The van der Waals surface area contributed by atoms with E-state index in [1.54, 1.807) is 6.92 Å². The molecule has 0 radical (unpaired) electrons. The Morgan fingerprint density at radius 2 is 2.10 bits per heavy atom. The second-order valence-corrected chi connectivity index (χ2v) is 4.80. The van der Waals surface area contributed by atoms with Gasteiger partial charge in [-0.05, 0) is 31.5 Å². The summed E-state index contributed by atoms with van der Waals surface area (Å²) >= 11 is 0. The van der Waals surface area contributed by atoms with Gasteiger partial charge in [0.15, 0.2) is 0 Å². The van der Waals surface area contributed by atoms with E-state index in [1.807, 2.05) is 13.0 Å². The number of alkyl halides is 3. The van der Waals surface area contributed by atoms with Crippen molar-refractivity contribution in [3.63, 3.8) is 0 Å². The third-order valence-electron chi connectivity index (χ3n) is 3.60. The minimum absolute atomic E-state index is 0.146. The number of hydrogen-bond acceptors (Lipinski definition) is 2. The van der Waals surface area contributed by atoms with Gasteiger partial charge >= 0.3 is 6.18 Å². The van der Waals surface area contributed by atoms with Crippen molar-refractivity contribution < 1.29 is 18.0 Å². The van der Waals surface area contributed by atoms with Crippen LogP contribution in [-0.2, 0) is 6.18 Å². The van der Waals surface area contributed by atoms with E-state index in [9.17, 15) is 23.2 Å². The summed E-state index contributed by atoms with van der Waals surface area (Å²) in [7, 11) is 0. The van der Waals surface area contributed by atoms with Crippen LogP contribution in [0.2, 0.25) is 0 Å². The molecule has 1 aliphatic heterocycles. The molecule has 0 fully saturated rings. The van der Waals surface area contributed by atoms with E-state index in [4.69, 9.17) is 0 Å². The smallest absolute Gasteiger partial charge is 0.316 e. The third-order valence-corrected chi connectivity index (χ3v) is 3.60. The van der Waals surface area contributed by atoms with Crippen LogP contribution >= 0.6 is 0 Å². The fourth-order valence-corrected chi connectivity index (χ4v) is 2.35. The Kier molecular flexibility index (Phi) is 3.46. The fraction of sp³-hybridized carbons (Fsp3) is 0.429. The zero-order valence-corrected chi connectivity index (χ0v) is 11.0. The highest BCUT2D eigenvalue weighted by Crippen LogP contribution is 2.39. The topological polar surface area (TPSA) is 44.1 Å². The largest absolute Gasteiger partial charge is 0.416 e. The predicted molar refractivity (Wildman–Crippen MR) is 65.7 cm³/mol. The van der Waals surface area contributed by atoms with E-state index in [2.05, 4.69) is 0 Å². The first-order valence-electron chi connectivity index (χ1n) is 6.24. The van der Waals surface area contributed by atoms with Gasteiger partial charge in [-0.2, -0.15) is 18.4 Å². The minimum Gasteiger partial charge on any atom is -0.316 e. The number of halogens is 3. The van der Waals surface area contributed by atoms with Crippen molar-refractivity contribution in [3.05, 3.63) is 34.9 Å². The molecule has 2 rings (SSSR count). The summed E-state index contributed by atoms with van der Waals surface area (Å²) in [4.78, 5) is 13.6. The van der Waals surface area contributed by atoms with Gasteiger partial charge < -0.3 is 4.90 Å². The number of fused-ring (bicyclic) bond motifs is 1. The second kappa shape index (κ2) is 4.82. The van der Waals surface area contributed by atoms with Crippen molar-refractivity contribution in [1.82, 2.24) is 4.90 Å². The molecule has 0 saturated heterocycles. The van der Waals surface area contributed by atoms with Crippen molar-refractivity contribution in [2.24, 2.45) is 0 Å². The molecule has 2 unspecified atom stereocenters. The number of nitrogens with zero attached hydrogens (tertiary/aromatic N) is 2. The average Bonchev–Trinajstić information content (AvgIpc) is 2.69. The van der Waals surface area contributed by atoms with Gasteiger partial charge in [-0.3, -0.25) is 4.79 Å². The maximum Gasteiger partial charge on any atom is 0.416 e. The van der Waals surface area contributed by atoms with Crippen LogP contribution in [0.1, 0.15) is 47.8 Å². The highest BCUT2D eigenvalue weighted by atomic mass is 19.4. The highest BCUT2D eigenvalue weighted by molar-refractivity contribution is 6.00. The first kappa shape index (κ1) is 14.4. The number of nitriles is 1. The van der Waals surface area contributed by atoms with Crippen LogP contribution in [-0.4, -0.2) is 16.8 Å². The van der Waals surface area contributed by atoms with E-state index in [0.29, 0.717) is 6.42 Å². The number of rotatable bonds is 2. The molecule has 2 atom stereocenters. The zero-order chi connectivity index (χ0) is 15.1. The van der Waals surface area contributed by atoms with Crippen LogP contribution in [0.4, 0.5) is 13.2 Å². The van der Waals surface area contributed by atoms with Crippen molar-refractivity contribution in [1.29, 1.82) is 5.26 Å². The summed E-state index contributed by atoms with van der Waals surface area (Å²) in [6.45, 7) is 3.63. The van der Waals surface area contributed by atoms with Gasteiger partial charge in [-0.15, -0.1) is 0 Å². The first-order chi connectivity index (χ1) is 9.31. The fourth-order valence-electron chi connectivity index (χ4n) is 2.35. The van der Waals surface area contributed by atoms with Crippen molar-refractivity contribution in [2.75, 3.05) is 0 Å². The van der Waals surface area contributed by atoms with Crippen LogP contribution in [0.5, 0.6) is 0 Å². The standard InChI is InChI=1S/C14H13F3N2O/c1-3-8(2)19-12(7-18)11-6-9(14(15,16)17)4-5-10(11)13(19)20/h4-6,8,12H,3H2,1-2H3. The molecule has 1 aromatic carbocycles. The van der Waals surface area contributed by atoms with Gasteiger partial charge in [-0.25, -0.2) is 0 Å². The van der Waals surface area contributed by atoms with Gasteiger partial charge in [0.25, 0.3) is 5.91 Å². The lowest BCUT2D eigenvalue weighted by Gasteiger charge is -2.26. The van der Waals surface area contributed by atoms with Gasteiger partial charge in [0, 0.05) is 17.2 Å². The van der Waals surface area contributed by atoms with Crippen LogP contribution < -0.4 is 0 Å². The molecule has 1 aliphatic rings. The second-order valence-electron chi connectivity index (χ2n) is 4.80.